The number of aryl methyl sites for hydroxylation is 1. The van der Waals surface area contributed by atoms with E-state index in [1.165, 1.54) is 5.56 Å². The summed E-state index contributed by atoms with van der Waals surface area (Å²) in [4.78, 5) is 16.1. The third kappa shape index (κ3) is 4.19. The first kappa shape index (κ1) is 19.2. The second-order valence-corrected chi connectivity index (χ2v) is 7.47. The van der Waals surface area contributed by atoms with Crippen LogP contribution in [-0.4, -0.2) is 22.7 Å². The molecule has 2 unspecified atom stereocenters. The highest BCUT2D eigenvalue weighted by Crippen LogP contribution is 2.41. The second-order valence-electron chi connectivity index (χ2n) is 7.47. The predicted octanol–water partition coefficient (Wildman–Crippen LogP) is 5.10. The van der Waals surface area contributed by atoms with Crippen LogP contribution in [0, 0.1) is 5.92 Å². The number of aliphatic carboxylic acids is 1. The topological polar surface area (TPSA) is 72.6 Å². The molecule has 0 radical (unpaired) electrons. The lowest BCUT2D eigenvalue weighted by Gasteiger charge is -2.19. The van der Waals surface area contributed by atoms with Crippen molar-refractivity contribution in [3.05, 3.63) is 71.6 Å². The van der Waals surface area contributed by atoms with Gasteiger partial charge in [0.25, 0.3) is 0 Å². The summed E-state index contributed by atoms with van der Waals surface area (Å²) < 4.78 is 11.5. The maximum Gasteiger partial charge on any atom is 0.307 e. The summed E-state index contributed by atoms with van der Waals surface area (Å²) in [5.74, 6) is 0.415. The number of carbonyl (C=O) groups is 1. The number of nitrogens with zero attached hydrogens (tertiary/aromatic N) is 1. The first-order valence-electron chi connectivity index (χ1n) is 10.1. The molecular weight excluding hydrogens is 366 g/mol. The van der Waals surface area contributed by atoms with Gasteiger partial charge in [-0.3, -0.25) is 4.79 Å². The molecule has 0 spiro atoms. The highest BCUT2D eigenvalue weighted by atomic mass is 16.5. The molecule has 1 heterocycles. The summed E-state index contributed by atoms with van der Waals surface area (Å²) in [6, 6.07) is 15.9. The van der Waals surface area contributed by atoms with Crippen molar-refractivity contribution < 1.29 is 19.1 Å². The monoisotopic (exact) mass is 391 g/mol. The van der Waals surface area contributed by atoms with Gasteiger partial charge in [-0.1, -0.05) is 31.2 Å². The maximum absolute atomic E-state index is 11.6. The molecule has 29 heavy (non-hydrogen) atoms. The standard InChI is InChI=1S/C24H25NO4/c1-2-20(24(26)27)21-11-9-16-8-10-19(14-22(16)21)28-13-12-18-15-29-23(25-18)17-6-4-3-5-7-17/h3-8,10,14-15,20-21H,2,9,11-13H2,1H3,(H,26,27). The molecule has 0 bridgehead atoms. The molecule has 1 aromatic heterocycles. The van der Waals surface area contributed by atoms with Crippen LogP contribution < -0.4 is 4.74 Å². The van der Waals surface area contributed by atoms with Gasteiger partial charge in [-0.05, 0) is 60.6 Å². The molecule has 0 saturated heterocycles. The molecule has 0 fully saturated rings. The van der Waals surface area contributed by atoms with E-state index in [0.29, 0.717) is 25.3 Å². The van der Waals surface area contributed by atoms with Crippen LogP contribution in [0.25, 0.3) is 11.5 Å². The van der Waals surface area contributed by atoms with Gasteiger partial charge in [-0.2, -0.15) is 0 Å². The quantitative estimate of drug-likeness (QED) is 0.578. The number of hydrogen-bond donors (Lipinski definition) is 1. The van der Waals surface area contributed by atoms with Gasteiger partial charge in [-0.25, -0.2) is 4.98 Å². The number of benzene rings is 2. The molecule has 5 heteroatoms. The zero-order valence-corrected chi connectivity index (χ0v) is 16.5. The van der Waals surface area contributed by atoms with Crippen LogP contribution in [0.5, 0.6) is 5.75 Å². The molecule has 0 aliphatic heterocycles. The van der Waals surface area contributed by atoms with E-state index < -0.39 is 5.97 Å². The highest BCUT2D eigenvalue weighted by molar-refractivity contribution is 5.72. The van der Waals surface area contributed by atoms with E-state index in [4.69, 9.17) is 9.15 Å². The third-order valence-corrected chi connectivity index (χ3v) is 5.68. The Morgan fingerprint density at radius 3 is 2.86 bits per heavy atom. The van der Waals surface area contributed by atoms with E-state index in [0.717, 1.165) is 35.4 Å². The highest BCUT2D eigenvalue weighted by Gasteiger charge is 2.33. The molecule has 3 aromatic rings. The maximum atomic E-state index is 11.6. The average Bonchev–Trinajstić information content (AvgIpc) is 3.37. The molecule has 1 aliphatic carbocycles. The van der Waals surface area contributed by atoms with Crippen molar-refractivity contribution in [1.29, 1.82) is 0 Å². The molecule has 0 saturated carbocycles. The molecule has 2 atom stereocenters. The van der Waals surface area contributed by atoms with Gasteiger partial charge in [0.15, 0.2) is 0 Å². The number of hydrogen-bond acceptors (Lipinski definition) is 4. The van der Waals surface area contributed by atoms with E-state index >= 15 is 0 Å². The summed E-state index contributed by atoms with van der Waals surface area (Å²) in [6.45, 7) is 2.43. The van der Waals surface area contributed by atoms with Crippen LogP contribution >= 0.6 is 0 Å². The average molecular weight is 391 g/mol. The summed E-state index contributed by atoms with van der Waals surface area (Å²) >= 11 is 0. The van der Waals surface area contributed by atoms with Crippen molar-refractivity contribution in [2.24, 2.45) is 5.92 Å². The zero-order valence-electron chi connectivity index (χ0n) is 16.5. The lowest BCUT2D eigenvalue weighted by molar-refractivity contribution is -0.142. The SMILES string of the molecule is CCC(C(=O)O)C1CCc2ccc(OCCc3coc(-c4ccccc4)n3)cc21. The Labute approximate surface area is 170 Å². The molecule has 2 aromatic carbocycles. The summed E-state index contributed by atoms with van der Waals surface area (Å²) in [5.41, 5.74) is 4.17. The van der Waals surface area contributed by atoms with Crippen LogP contribution in [0.3, 0.4) is 0 Å². The number of rotatable bonds is 8. The van der Waals surface area contributed by atoms with Gasteiger partial charge in [0.1, 0.15) is 12.0 Å². The second kappa shape index (κ2) is 8.52. The predicted molar refractivity (Wildman–Crippen MR) is 110 cm³/mol. The van der Waals surface area contributed by atoms with Crippen molar-refractivity contribution in [3.63, 3.8) is 0 Å². The van der Waals surface area contributed by atoms with E-state index in [1.807, 2.05) is 49.4 Å². The Morgan fingerprint density at radius 1 is 1.28 bits per heavy atom. The smallest absolute Gasteiger partial charge is 0.307 e. The molecule has 4 rings (SSSR count). The lowest BCUT2D eigenvalue weighted by atomic mass is 9.85. The number of carboxylic acid groups (broad SMARTS) is 1. The van der Waals surface area contributed by atoms with Crippen molar-refractivity contribution in [2.45, 2.75) is 38.5 Å². The summed E-state index contributed by atoms with van der Waals surface area (Å²) in [6.07, 6.45) is 4.78. The van der Waals surface area contributed by atoms with Gasteiger partial charge in [0.05, 0.1) is 18.2 Å². The Morgan fingerprint density at radius 2 is 2.10 bits per heavy atom. The number of aromatic nitrogens is 1. The van der Waals surface area contributed by atoms with Crippen LogP contribution in [0.15, 0.2) is 59.2 Å². The van der Waals surface area contributed by atoms with E-state index in [1.54, 1.807) is 6.26 Å². The van der Waals surface area contributed by atoms with Gasteiger partial charge in [0, 0.05) is 12.0 Å². The largest absolute Gasteiger partial charge is 0.493 e. The van der Waals surface area contributed by atoms with Crippen LogP contribution in [0.4, 0.5) is 0 Å². The Balaban J connectivity index is 1.39. The van der Waals surface area contributed by atoms with Gasteiger partial charge < -0.3 is 14.3 Å². The minimum Gasteiger partial charge on any atom is -0.493 e. The third-order valence-electron chi connectivity index (χ3n) is 5.68. The Kier molecular flexibility index (Phi) is 5.65. The normalized spacial score (nSPS) is 16.4. The minimum absolute atomic E-state index is 0.0695. The number of fused-ring (bicyclic) bond motifs is 1. The van der Waals surface area contributed by atoms with Crippen molar-refractivity contribution in [2.75, 3.05) is 6.61 Å². The molecule has 0 amide bonds. The number of ether oxygens (including phenoxy) is 1. The Bertz CT molecular complexity index is 980. The zero-order chi connectivity index (χ0) is 20.2. The van der Waals surface area contributed by atoms with Crippen LogP contribution in [0.1, 0.15) is 42.5 Å². The fraction of sp³-hybridized carbons (Fsp3) is 0.333. The Hall–Kier alpha value is -3.08. The van der Waals surface area contributed by atoms with Gasteiger partial charge in [-0.15, -0.1) is 0 Å². The van der Waals surface area contributed by atoms with Crippen molar-refractivity contribution >= 4 is 5.97 Å². The van der Waals surface area contributed by atoms with E-state index in [-0.39, 0.29) is 11.8 Å². The number of carboxylic acids is 1. The van der Waals surface area contributed by atoms with Crippen molar-refractivity contribution in [1.82, 2.24) is 4.98 Å². The van der Waals surface area contributed by atoms with Crippen LogP contribution in [-0.2, 0) is 17.6 Å². The summed E-state index contributed by atoms with van der Waals surface area (Å²) in [7, 11) is 0. The number of oxazole rings is 1. The fourth-order valence-electron chi connectivity index (χ4n) is 4.16. The minimum atomic E-state index is -0.711. The first-order chi connectivity index (χ1) is 14.2. The first-order valence-corrected chi connectivity index (χ1v) is 10.1. The molecule has 150 valence electrons. The van der Waals surface area contributed by atoms with Gasteiger partial charge in [0.2, 0.25) is 5.89 Å². The fourth-order valence-corrected chi connectivity index (χ4v) is 4.16. The lowest BCUT2D eigenvalue weighted by Crippen LogP contribution is -2.19. The molecule has 5 nitrogen and oxygen atoms in total. The molecular formula is C24H25NO4. The van der Waals surface area contributed by atoms with Crippen molar-refractivity contribution in [3.8, 4) is 17.2 Å². The molecule has 1 N–H and O–H groups in total. The van der Waals surface area contributed by atoms with Crippen LogP contribution in [0.2, 0.25) is 0 Å². The van der Waals surface area contributed by atoms with E-state index in [9.17, 15) is 9.90 Å². The summed E-state index contributed by atoms with van der Waals surface area (Å²) in [5, 5.41) is 9.53. The van der Waals surface area contributed by atoms with Gasteiger partial charge >= 0.3 is 5.97 Å². The molecule has 1 aliphatic rings. The van der Waals surface area contributed by atoms with E-state index in [2.05, 4.69) is 11.1 Å².